The maximum atomic E-state index is 12.3. The fourth-order valence-corrected chi connectivity index (χ4v) is 1.20. The molecule has 0 heterocycles. The van der Waals surface area contributed by atoms with Gasteiger partial charge in [-0.2, -0.15) is 0 Å². The van der Waals surface area contributed by atoms with E-state index in [1.165, 1.54) is 6.92 Å². The Hall–Kier alpha value is -0.420. The lowest BCUT2D eigenvalue weighted by molar-refractivity contribution is -0.141. The predicted octanol–water partition coefficient (Wildman–Crippen LogP) is 1.27. The average molecular weight is 216 g/mol. The van der Waals surface area contributed by atoms with Crippen molar-refractivity contribution in [3.63, 3.8) is 0 Å². The molecule has 1 rings (SSSR count). The van der Waals surface area contributed by atoms with Crippen molar-refractivity contribution in [1.29, 1.82) is 0 Å². The quantitative estimate of drug-likeness (QED) is 0.746. The van der Waals surface area contributed by atoms with Crippen molar-refractivity contribution < 1.29 is 18.7 Å². The number of carboxylic acids is 1. The molecule has 78 valence electrons. The van der Waals surface area contributed by atoms with Crippen molar-refractivity contribution >= 4 is 18.4 Å². The van der Waals surface area contributed by atoms with Crippen LogP contribution in [0, 0.1) is 0 Å². The molecule has 1 saturated carbocycles. The Labute approximate surface area is 80.9 Å². The maximum Gasteiger partial charge on any atom is 0.320 e. The summed E-state index contributed by atoms with van der Waals surface area (Å²) in [6.07, 6.45) is -0.491. The van der Waals surface area contributed by atoms with Crippen molar-refractivity contribution in [2.45, 2.75) is 37.8 Å². The van der Waals surface area contributed by atoms with E-state index in [9.17, 15) is 13.6 Å². The van der Waals surface area contributed by atoms with Crippen molar-refractivity contribution in [1.82, 2.24) is 5.32 Å². The molecule has 0 saturated heterocycles. The van der Waals surface area contributed by atoms with E-state index in [4.69, 9.17) is 5.11 Å². The number of halogens is 3. The van der Waals surface area contributed by atoms with Gasteiger partial charge in [0, 0.05) is 18.9 Å². The highest BCUT2D eigenvalue weighted by Gasteiger charge is 2.45. The Bertz CT molecular complexity index is 193. The van der Waals surface area contributed by atoms with E-state index in [1.54, 1.807) is 0 Å². The minimum Gasteiger partial charge on any atom is -0.480 e. The minimum absolute atomic E-state index is 0. The third kappa shape index (κ3) is 3.44. The Morgan fingerprint density at radius 3 is 2.38 bits per heavy atom. The summed E-state index contributed by atoms with van der Waals surface area (Å²) in [5, 5.41) is 11.0. The van der Waals surface area contributed by atoms with Crippen molar-refractivity contribution in [2.24, 2.45) is 0 Å². The number of carbonyl (C=O) groups is 1. The zero-order valence-electron chi connectivity index (χ0n) is 7.09. The van der Waals surface area contributed by atoms with E-state index in [1.807, 2.05) is 0 Å². The zero-order chi connectivity index (χ0) is 9.35. The van der Waals surface area contributed by atoms with E-state index in [-0.39, 0.29) is 31.3 Å². The van der Waals surface area contributed by atoms with Crippen LogP contribution in [-0.2, 0) is 4.79 Å². The smallest absolute Gasteiger partial charge is 0.320 e. The molecule has 3 nitrogen and oxygen atoms in total. The summed E-state index contributed by atoms with van der Waals surface area (Å²) in [6.45, 7) is 1.44. The molecule has 0 amide bonds. The number of hydrogen-bond acceptors (Lipinski definition) is 2. The summed E-state index contributed by atoms with van der Waals surface area (Å²) in [5.41, 5.74) is 0. The molecular weight excluding hydrogens is 204 g/mol. The average Bonchev–Trinajstić information content (AvgIpc) is 1.83. The van der Waals surface area contributed by atoms with Gasteiger partial charge in [0.05, 0.1) is 0 Å². The van der Waals surface area contributed by atoms with Gasteiger partial charge in [-0.05, 0) is 6.92 Å². The first-order chi connectivity index (χ1) is 5.41. The Morgan fingerprint density at radius 1 is 1.62 bits per heavy atom. The monoisotopic (exact) mass is 215 g/mol. The third-order valence-corrected chi connectivity index (χ3v) is 1.95. The van der Waals surface area contributed by atoms with Gasteiger partial charge in [-0.1, -0.05) is 0 Å². The second kappa shape index (κ2) is 4.19. The number of nitrogens with one attached hydrogen (secondary N) is 1. The Morgan fingerprint density at radius 2 is 2.08 bits per heavy atom. The van der Waals surface area contributed by atoms with Crippen LogP contribution in [0.2, 0.25) is 0 Å². The molecule has 0 unspecified atom stereocenters. The third-order valence-electron chi connectivity index (χ3n) is 1.95. The lowest BCUT2D eigenvalue weighted by atomic mass is 9.88. The van der Waals surface area contributed by atoms with Crippen LogP contribution < -0.4 is 5.32 Å². The molecule has 6 heteroatoms. The van der Waals surface area contributed by atoms with E-state index >= 15 is 0 Å². The van der Waals surface area contributed by atoms with Crippen LogP contribution in [0.25, 0.3) is 0 Å². The molecule has 13 heavy (non-hydrogen) atoms. The van der Waals surface area contributed by atoms with Gasteiger partial charge in [-0.15, -0.1) is 12.4 Å². The lowest BCUT2D eigenvalue weighted by Crippen LogP contribution is -2.53. The predicted molar refractivity (Wildman–Crippen MR) is 45.5 cm³/mol. The number of alkyl halides is 2. The molecule has 0 spiro atoms. The van der Waals surface area contributed by atoms with Crippen molar-refractivity contribution in [2.75, 3.05) is 0 Å². The van der Waals surface area contributed by atoms with Gasteiger partial charge in [0.2, 0.25) is 0 Å². The normalized spacial score (nSPS) is 22.7. The van der Waals surface area contributed by atoms with Crippen molar-refractivity contribution in [3.8, 4) is 0 Å². The van der Waals surface area contributed by atoms with Gasteiger partial charge in [-0.3, -0.25) is 4.79 Å². The summed E-state index contributed by atoms with van der Waals surface area (Å²) in [4.78, 5) is 10.3. The van der Waals surface area contributed by atoms with Gasteiger partial charge in [0.1, 0.15) is 6.04 Å². The van der Waals surface area contributed by atoms with Crippen LogP contribution >= 0.6 is 12.4 Å². The second-order valence-corrected chi connectivity index (χ2v) is 3.19. The lowest BCUT2D eigenvalue weighted by Gasteiger charge is -2.36. The highest BCUT2D eigenvalue weighted by Crippen LogP contribution is 2.37. The zero-order valence-corrected chi connectivity index (χ0v) is 7.91. The molecule has 0 bridgehead atoms. The molecule has 0 radical (unpaired) electrons. The first-order valence-electron chi connectivity index (χ1n) is 3.77. The van der Waals surface area contributed by atoms with Gasteiger partial charge < -0.3 is 10.4 Å². The van der Waals surface area contributed by atoms with Gasteiger partial charge in [0.15, 0.2) is 0 Å². The van der Waals surface area contributed by atoms with E-state index < -0.39 is 17.9 Å². The highest BCUT2D eigenvalue weighted by atomic mass is 35.5. The SMILES string of the molecule is C[C@H](NC1CC(F)(F)C1)C(=O)O.Cl. The molecule has 0 aliphatic heterocycles. The molecule has 0 aromatic rings. The van der Waals surface area contributed by atoms with Gasteiger partial charge in [-0.25, -0.2) is 8.78 Å². The second-order valence-electron chi connectivity index (χ2n) is 3.19. The van der Waals surface area contributed by atoms with Crippen LogP contribution in [-0.4, -0.2) is 29.1 Å². The molecule has 1 aliphatic rings. The summed E-state index contributed by atoms with van der Waals surface area (Å²) >= 11 is 0. The number of carboxylic acid groups (broad SMARTS) is 1. The molecule has 1 fully saturated rings. The summed E-state index contributed by atoms with van der Waals surface area (Å²) in [6, 6.07) is -1.09. The first kappa shape index (κ1) is 12.6. The Balaban J connectivity index is 0.00000144. The largest absolute Gasteiger partial charge is 0.480 e. The van der Waals surface area contributed by atoms with Gasteiger partial charge >= 0.3 is 5.97 Å². The van der Waals surface area contributed by atoms with E-state index in [0.717, 1.165) is 0 Å². The highest BCUT2D eigenvalue weighted by molar-refractivity contribution is 5.85. The van der Waals surface area contributed by atoms with Crippen LogP contribution in [0.4, 0.5) is 8.78 Å². The molecular formula is C7H12ClF2NO2. The topological polar surface area (TPSA) is 49.3 Å². The standard InChI is InChI=1S/C7H11F2NO2.ClH/c1-4(6(11)12)10-5-2-7(8,9)3-5;/h4-5,10H,2-3H2,1H3,(H,11,12);1H/t4-;/m0./s1. The number of hydrogen-bond donors (Lipinski definition) is 2. The summed E-state index contributed by atoms with van der Waals surface area (Å²) in [7, 11) is 0. The molecule has 1 aliphatic carbocycles. The van der Waals surface area contributed by atoms with Gasteiger partial charge in [0.25, 0.3) is 5.92 Å². The molecule has 0 aromatic carbocycles. The minimum atomic E-state index is -2.59. The number of rotatable bonds is 3. The molecule has 1 atom stereocenters. The summed E-state index contributed by atoms with van der Waals surface area (Å²) < 4.78 is 24.5. The number of aliphatic carboxylic acids is 1. The van der Waals surface area contributed by atoms with Crippen LogP contribution in [0.5, 0.6) is 0 Å². The fourth-order valence-electron chi connectivity index (χ4n) is 1.20. The van der Waals surface area contributed by atoms with Crippen molar-refractivity contribution in [3.05, 3.63) is 0 Å². The van der Waals surface area contributed by atoms with Crippen LogP contribution in [0.15, 0.2) is 0 Å². The van der Waals surface area contributed by atoms with E-state index in [0.29, 0.717) is 0 Å². The summed E-state index contributed by atoms with van der Waals surface area (Å²) in [5.74, 6) is -3.60. The molecule has 0 aromatic heterocycles. The first-order valence-corrected chi connectivity index (χ1v) is 3.77. The fraction of sp³-hybridized carbons (Fsp3) is 0.857. The molecule has 2 N–H and O–H groups in total. The van der Waals surface area contributed by atoms with E-state index in [2.05, 4.69) is 5.32 Å². The maximum absolute atomic E-state index is 12.3. The van der Waals surface area contributed by atoms with Crippen LogP contribution in [0.3, 0.4) is 0 Å². The Kier molecular flexibility index (Phi) is 4.06. The van der Waals surface area contributed by atoms with Crippen LogP contribution in [0.1, 0.15) is 19.8 Å².